The molecule has 1 fully saturated rings. The molecule has 4 nitrogen and oxygen atoms in total. The number of aromatic hydroxyl groups is 2. The van der Waals surface area contributed by atoms with Crippen LogP contribution < -0.4 is 0 Å². The lowest BCUT2D eigenvalue weighted by Crippen LogP contribution is -2.57. The van der Waals surface area contributed by atoms with Gasteiger partial charge >= 0.3 is 0 Å². The van der Waals surface area contributed by atoms with E-state index in [1.807, 2.05) is 12.2 Å². The normalized spacial score (nSPS) is 42.6. The maximum absolute atomic E-state index is 10.5. The minimum absolute atomic E-state index is 0.0962. The zero-order valence-electron chi connectivity index (χ0n) is 14.3. The highest BCUT2D eigenvalue weighted by Gasteiger charge is 2.87. The maximum atomic E-state index is 10.5. The van der Waals surface area contributed by atoms with Crippen molar-refractivity contribution >= 4 is 46.4 Å². The fourth-order valence-corrected chi connectivity index (χ4v) is 8.35. The third-order valence-corrected chi connectivity index (χ3v) is 9.52. The average molecular weight is 450 g/mol. The molecule has 0 saturated heterocycles. The van der Waals surface area contributed by atoms with Crippen molar-refractivity contribution in [3.63, 3.8) is 0 Å². The molecule has 5 aliphatic carbocycles. The highest BCUT2D eigenvalue weighted by Crippen LogP contribution is 2.80. The van der Waals surface area contributed by atoms with E-state index in [0.29, 0.717) is 11.1 Å². The molecule has 4 bridgehead atoms. The summed E-state index contributed by atoms with van der Waals surface area (Å²) in [4.78, 5) is -2.68. The van der Waals surface area contributed by atoms with E-state index in [1.54, 1.807) is 0 Å². The van der Waals surface area contributed by atoms with E-state index < -0.39 is 15.5 Å². The van der Waals surface area contributed by atoms with Gasteiger partial charge in [-0.3, -0.25) is 0 Å². The van der Waals surface area contributed by atoms with Crippen molar-refractivity contribution in [3.05, 3.63) is 45.5 Å². The number of phenolic OH excluding ortho intramolecular Hbond substituents is 2. The van der Waals surface area contributed by atoms with Crippen LogP contribution in [0, 0.1) is 11.8 Å². The Kier molecular flexibility index (Phi) is 3.61. The summed E-state index contributed by atoms with van der Waals surface area (Å²) < 4.78 is 11.6. The molecule has 144 valence electrons. The molecule has 6 rings (SSSR count). The van der Waals surface area contributed by atoms with Gasteiger partial charge in [-0.05, 0) is 12.1 Å². The first-order chi connectivity index (χ1) is 12.7. The quantitative estimate of drug-likeness (QED) is 0.296. The van der Waals surface area contributed by atoms with Crippen LogP contribution in [0.5, 0.6) is 11.5 Å². The average Bonchev–Trinajstić information content (AvgIpc) is 2.94. The largest absolute Gasteiger partial charge is 0.508 e. The SMILES string of the molecule is COC1(OC)[C@@]2(Cl)C(Cl)=C(Cl)[C@]1(Cl)[C@H]1[C@@H]2[C@H]2C=C[C@@H]1c1c(O)ccc(O)c12. The first-order valence-corrected chi connectivity index (χ1v) is 10.0. The van der Waals surface area contributed by atoms with Crippen LogP contribution in [0.2, 0.25) is 0 Å². The van der Waals surface area contributed by atoms with Gasteiger partial charge in [-0.25, -0.2) is 0 Å². The Hall–Kier alpha value is -0.620. The van der Waals surface area contributed by atoms with Crippen LogP contribution >= 0.6 is 46.4 Å². The number of fused-ring (bicyclic) bond motifs is 2. The highest BCUT2D eigenvalue weighted by atomic mass is 35.5. The Balaban J connectivity index is 1.86. The van der Waals surface area contributed by atoms with Gasteiger partial charge in [0.1, 0.15) is 21.2 Å². The van der Waals surface area contributed by atoms with E-state index in [2.05, 4.69) is 0 Å². The molecule has 0 radical (unpaired) electrons. The van der Waals surface area contributed by atoms with Crippen molar-refractivity contribution in [1.82, 2.24) is 0 Å². The van der Waals surface area contributed by atoms with E-state index in [-0.39, 0.29) is 45.2 Å². The summed E-state index contributed by atoms with van der Waals surface area (Å²) in [5.41, 5.74) is 1.27. The predicted octanol–water partition coefficient (Wildman–Crippen LogP) is 4.74. The zero-order valence-corrected chi connectivity index (χ0v) is 17.4. The van der Waals surface area contributed by atoms with Crippen LogP contribution in [0.25, 0.3) is 0 Å². The smallest absolute Gasteiger partial charge is 0.217 e. The molecular weight excluding hydrogens is 434 g/mol. The molecule has 1 aromatic rings. The summed E-state index contributed by atoms with van der Waals surface area (Å²) >= 11 is 27.6. The van der Waals surface area contributed by atoms with Gasteiger partial charge in [-0.2, -0.15) is 0 Å². The van der Waals surface area contributed by atoms with Gasteiger partial charge in [0.25, 0.3) is 0 Å². The summed E-state index contributed by atoms with van der Waals surface area (Å²) in [7, 11) is 2.93. The van der Waals surface area contributed by atoms with Gasteiger partial charge in [0.15, 0.2) is 0 Å². The lowest BCUT2D eigenvalue weighted by atomic mass is 9.56. The fourth-order valence-electron chi connectivity index (χ4n) is 6.06. The molecule has 6 atom stereocenters. The molecule has 2 N–H and O–H groups in total. The summed E-state index contributed by atoms with van der Waals surface area (Å²) in [6.07, 6.45) is 3.96. The molecule has 1 aromatic carbocycles. The second-order valence-corrected chi connectivity index (χ2v) is 9.44. The van der Waals surface area contributed by atoms with Gasteiger partial charge in [0.2, 0.25) is 5.79 Å². The standard InChI is InChI=1S/C19H16Cl4O4/c1-26-19(27-2)17(22)13-7-3-4-8(12-10(25)6-5-9(24)11(7)12)14(13)18(19,23)16(21)15(17)20/h3-8,13-14,24-25H,1-2H3/t7-,8+,13-,14+,17-,18+. The number of phenols is 2. The minimum Gasteiger partial charge on any atom is -0.508 e. The predicted molar refractivity (Wildman–Crippen MR) is 104 cm³/mol. The number of benzene rings is 1. The van der Waals surface area contributed by atoms with Crippen molar-refractivity contribution < 1.29 is 19.7 Å². The second-order valence-electron chi connectivity index (χ2n) is 7.50. The fraction of sp³-hybridized carbons (Fsp3) is 0.474. The van der Waals surface area contributed by atoms with Crippen LogP contribution in [0.3, 0.4) is 0 Å². The van der Waals surface area contributed by atoms with Gasteiger partial charge in [0, 0.05) is 49.0 Å². The van der Waals surface area contributed by atoms with Crippen molar-refractivity contribution in [2.75, 3.05) is 14.2 Å². The molecule has 5 aliphatic rings. The maximum Gasteiger partial charge on any atom is 0.217 e. The van der Waals surface area contributed by atoms with Gasteiger partial charge in [0.05, 0.1) is 10.1 Å². The number of allylic oxidation sites excluding steroid dienone is 2. The molecule has 8 heteroatoms. The number of hydrogen-bond donors (Lipinski definition) is 2. The molecule has 0 amide bonds. The minimum atomic E-state index is -1.50. The third kappa shape index (κ3) is 1.59. The first-order valence-electron chi connectivity index (χ1n) is 8.49. The monoisotopic (exact) mass is 448 g/mol. The van der Waals surface area contributed by atoms with E-state index in [0.717, 1.165) is 0 Å². The molecular formula is C19H16Cl4O4. The third-order valence-electron chi connectivity index (χ3n) is 6.88. The summed E-state index contributed by atoms with van der Waals surface area (Å²) in [5.74, 6) is -2.66. The summed E-state index contributed by atoms with van der Waals surface area (Å²) in [6.45, 7) is 0. The zero-order chi connectivity index (χ0) is 19.5. The molecule has 0 aliphatic heterocycles. The topological polar surface area (TPSA) is 58.9 Å². The Bertz CT molecular complexity index is 871. The van der Waals surface area contributed by atoms with Crippen molar-refractivity contribution in [1.29, 1.82) is 0 Å². The number of halogens is 4. The van der Waals surface area contributed by atoms with Crippen LogP contribution in [0.4, 0.5) is 0 Å². The number of rotatable bonds is 2. The molecule has 1 saturated carbocycles. The number of ether oxygens (including phenoxy) is 2. The lowest BCUT2D eigenvalue weighted by Gasteiger charge is -2.50. The van der Waals surface area contributed by atoms with Crippen LogP contribution in [-0.4, -0.2) is 40.0 Å². The van der Waals surface area contributed by atoms with Crippen molar-refractivity contribution in [2.24, 2.45) is 11.8 Å². The highest BCUT2D eigenvalue weighted by molar-refractivity contribution is 6.52. The summed E-state index contributed by atoms with van der Waals surface area (Å²) in [5, 5.41) is 21.5. The van der Waals surface area contributed by atoms with Crippen molar-refractivity contribution in [3.8, 4) is 11.5 Å². The summed E-state index contributed by atoms with van der Waals surface area (Å²) in [6, 6.07) is 2.96. The van der Waals surface area contributed by atoms with E-state index in [4.69, 9.17) is 55.9 Å². The Morgan fingerprint density at radius 3 is 1.52 bits per heavy atom. The molecule has 0 heterocycles. The first kappa shape index (κ1) is 18.4. The van der Waals surface area contributed by atoms with Gasteiger partial charge < -0.3 is 19.7 Å². The van der Waals surface area contributed by atoms with Crippen LogP contribution in [0.1, 0.15) is 23.0 Å². The van der Waals surface area contributed by atoms with Crippen molar-refractivity contribution in [2.45, 2.75) is 27.4 Å². The van der Waals surface area contributed by atoms with Gasteiger partial charge in [-0.15, -0.1) is 23.2 Å². The molecule has 27 heavy (non-hydrogen) atoms. The number of hydrogen-bond acceptors (Lipinski definition) is 4. The van der Waals surface area contributed by atoms with Crippen LogP contribution in [0.15, 0.2) is 34.3 Å². The van der Waals surface area contributed by atoms with Crippen LogP contribution in [-0.2, 0) is 9.47 Å². The Morgan fingerprint density at radius 1 is 0.815 bits per heavy atom. The molecule has 0 aromatic heterocycles. The molecule has 0 unspecified atom stereocenters. The Morgan fingerprint density at radius 2 is 1.19 bits per heavy atom. The number of methoxy groups -OCH3 is 2. The second kappa shape index (κ2) is 5.29. The molecule has 0 spiro atoms. The van der Waals surface area contributed by atoms with E-state index in [9.17, 15) is 10.2 Å². The Labute approximate surface area is 176 Å². The van der Waals surface area contributed by atoms with E-state index >= 15 is 0 Å². The lowest BCUT2D eigenvalue weighted by molar-refractivity contribution is -0.220. The van der Waals surface area contributed by atoms with E-state index in [1.165, 1.54) is 26.4 Å². The number of alkyl halides is 2. The van der Waals surface area contributed by atoms with Gasteiger partial charge in [-0.1, -0.05) is 35.4 Å².